The molecule has 1 radical (unpaired) electrons. The molecule has 0 bridgehead atoms. The zero-order valence-electron chi connectivity index (χ0n) is 16.5. The molecule has 0 spiro atoms. The van der Waals surface area contributed by atoms with E-state index in [1.807, 2.05) is 0 Å². The number of allylic oxidation sites excluding steroid dienone is 4. The summed E-state index contributed by atoms with van der Waals surface area (Å²) in [5.74, 6) is 1.56. The maximum atomic E-state index is 11.2. The molecule has 0 saturated carbocycles. The predicted octanol–water partition coefficient (Wildman–Crippen LogP) is 7.04. The van der Waals surface area contributed by atoms with Gasteiger partial charge in [-0.25, -0.2) is 0 Å². The molecule has 0 aliphatic heterocycles. The summed E-state index contributed by atoms with van der Waals surface area (Å²) in [5, 5.41) is 0. The van der Waals surface area contributed by atoms with Crippen molar-refractivity contribution in [3.8, 4) is 0 Å². The second-order valence-corrected chi connectivity index (χ2v) is 7.90. The predicted molar refractivity (Wildman–Crippen MR) is 103 cm³/mol. The van der Waals surface area contributed by atoms with Crippen molar-refractivity contribution >= 4 is 6.29 Å². The van der Waals surface area contributed by atoms with Gasteiger partial charge in [0, 0.05) is 5.92 Å². The van der Waals surface area contributed by atoms with Crippen molar-refractivity contribution in [1.29, 1.82) is 0 Å². The van der Waals surface area contributed by atoms with Crippen LogP contribution in [0.1, 0.15) is 92.9 Å². The summed E-state index contributed by atoms with van der Waals surface area (Å²) < 4.78 is 0. The van der Waals surface area contributed by atoms with Gasteiger partial charge < -0.3 is 0 Å². The van der Waals surface area contributed by atoms with Crippen molar-refractivity contribution < 1.29 is 4.79 Å². The third kappa shape index (κ3) is 14.5. The second kappa shape index (κ2) is 13.6. The molecule has 0 heterocycles. The van der Waals surface area contributed by atoms with Gasteiger partial charge in [0.15, 0.2) is 0 Å². The van der Waals surface area contributed by atoms with Gasteiger partial charge in [-0.2, -0.15) is 0 Å². The highest BCUT2D eigenvalue weighted by Crippen LogP contribution is 2.22. The minimum Gasteiger partial charge on any atom is -0.291 e. The lowest BCUT2D eigenvalue weighted by Crippen LogP contribution is -2.07. The summed E-state index contributed by atoms with van der Waals surface area (Å²) in [6.45, 7) is 13.2. The molecule has 0 aromatic heterocycles. The molecule has 1 nitrogen and oxygen atoms in total. The lowest BCUT2D eigenvalue weighted by atomic mass is 9.89. The highest BCUT2D eigenvalue weighted by Gasteiger charge is 2.13. The van der Waals surface area contributed by atoms with E-state index in [2.05, 4.69) is 60.0 Å². The molecule has 0 aromatic carbocycles. The van der Waals surface area contributed by atoms with Crippen LogP contribution in [-0.4, -0.2) is 6.29 Å². The van der Waals surface area contributed by atoms with E-state index in [1.165, 1.54) is 36.8 Å². The average molecular weight is 320 g/mol. The van der Waals surface area contributed by atoms with Gasteiger partial charge in [0.1, 0.15) is 0 Å². The Balaban J connectivity index is 3.90. The molecule has 0 saturated heterocycles. The molecular weight excluding hydrogens is 280 g/mol. The Kier molecular flexibility index (Phi) is 13.1. The average Bonchev–Trinajstić information content (AvgIpc) is 2.46. The summed E-state index contributed by atoms with van der Waals surface area (Å²) in [6.07, 6.45) is 16.1. The molecule has 23 heavy (non-hydrogen) atoms. The Morgan fingerprint density at radius 2 is 1.13 bits per heavy atom. The minimum absolute atomic E-state index is 0.145. The number of hydrogen-bond acceptors (Lipinski definition) is 1. The topological polar surface area (TPSA) is 17.1 Å². The summed E-state index contributed by atoms with van der Waals surface area (Å²) >= 11 is 0. The van der Waals surface area contributed by atoms with Crippen molar-refractivity contribution in [1.82, 2.24) is 0 Å². The lowest BCUT2D eigenvalue weighted by molar-refractivity contribution is 0.385. The van der Waals surface area contributed by atoms with Gasteiger partial charge in [-0.3, -0.25) is 4.79 Å². The van der Waals surface area contributed by atoms with E-state index in [4.69, 9.17) is 0 Å². The highest BCUT2D eigenvalue weighted by molar-refractivity contribution is 5.54. The Hall–Kier alpha value is -0.850. The fraction of sp³-hybridized carbons (Fsp3) is 0.773. The zero-order valence-corrected chi connectivity index (χ0v) is 16.5. The van der Waals surface area contributed by atoms with Crippen LogP contribution in [0.15, 0.2) is 23.3 Å². The van der Waals surface area contributed by atoms with Crippen molar-refractivity contribution in [3.63, 3.8) is 0 Å². The summed E-state index contributed by atoms with van der Waals surface area (Å²) in [4.78, 5) is 11.2. The van der Waals surface area contributed by atoms with Crippen LogP contribution >= 0.6 is 0 Å². The Morgan fingerprint density at radius 3 is 1.43 bits per heavy atom. The molecule has 1 heteroatoms. The first-order valence-electron chi connectivity index (χ1n) is 9.49. The molecular formula is C22H39O. The molecule has 133 valence electrons. The normalized spacial score (nSPS) is 14.7. The van der Waals surface area contributed by atoms with Gasteiger partial charge in [0.25, 0.3) is 0 Å². The van der Waals surface area contributed by atoms with Crippen molar-refractivity contribution in [3.05, 3.63) is 23.3 Å². The Bertz CT molecular complexity index is 324. The van der Waals surface area contributed by atoms with Crippen LogP contribution in [0.25, 0.3) is 0 Å². The first kappa shape index (κ1) is 22.1. The van der Waals surface area contributed by atoms with Crippen molar-refractivity contribution in [2.45, 2.75) is 92.9 Å². The van der Waals surface area contributed by atoms with Gasteiger partial charge in [0.05, 0.1) is 0 Å². The lowest BCUT2D eigenvalue weighted by Gasteiger charge is -2.16. The largest absolute Gasteiger partial charge is 0.291 e. The maximum absolute atomic E-state index is 11.2. The monoisotopic (exact) mass is 319 g/mol. The van der Waals surface area contributed by atoms with E-state index in [1.54, 1.807) is 0 Å². The van der Waals surface area contributed by atoms with Crippen molar-refractivity contribution in [2.24, 2.45) is 17.8 Å². The summed E-state index contributed by atoms with van der Waals surface area (Å²) in [6, 6.07) is 0. The van der Waals surface area contributed by atoms with Gasteiger partial charge in [-0.05, 0) is 90.9 Å². The van der Waals surface area contributed by atoms with E-state index in [-0.39, 0.29) is 5.92 Å². The molecule has 2 atom stereocenters. The first-order chi connectivity index (χ1) is 10.8. The quantitative estimate of drug-likeness (QED) is 0.333. The van der Waals surface area contributed by atoms with Crippen molar-refractivity contribution in [2.75, 3.05) is 0 Å². The number of carbonyl (C=O) groups excluding carboxylic acids is 1. The second-order valence-electron chi connectivity index (χ2n) is 7.90. The summed E-state index contributed by atoms with van der Waals surface area (Å²) in [7, 11) is 0. The maximum Gasteiger partial charge on any atom is 0.201 e. The fourth-order valence-electron chi connectivity index (χ4n) is 2.84. The highest BCUT2D eigenvalue weighted by atomic mass is 16.1. The zero-order chi connectivity index (χ0) is 17.7. The van der Waals surface area contributed by atoms with Crippen LogP contribution in [-0.2, 0) is 4.79 Å². The smallest absolute Gasteiger partial charge is 0.201 e. The Morgan fingerprint density at radius 1 is 0.739 bits per heavy atom. The molecule has 0 fully saturated rings. The van der Waals surface area contributed by atoms with E-state index in [0.29, 0.717) is 11.8 Å². The van der Waals surface area contributed by atoms with E-state index < -0.39 is 0 Å². The van der Waals surface area contributed by atoms with Crippen LogP contribution < -0.4 is 0 Å². The molecule has 2 unspecified atom stereocenters. The molecule has 0 aliphatic rings. The molecule has 0 amide bonds. The third-order valence-corrected chi connectivity index (χ3v) is 4.61. The van der Waals surface area contributed by atoms with Crippen LogP contribution in [0.5, 0.6) is 0 Å². The van der Waals surface area contributed by atoms with Gasteiger partial charge >= 0.3 is 0 Å². The van der Waals surface area contributed by atoms with E-state index in [9.17, 15) is 4.79 Å². The minimum atomic E-state index is 0.145. The summed E-state index contributed by atoms with van der Waals surface area (Å²) in [5.41, 5.74) is 2.80. The van der Waals surface area contributed by atoms with Gasteiger partial charge in [-0.15, -0.1) is 0 Å². The molecule has 0 N–H and O–H groups in total. The third-order valence-electron chi connectivity index (χ3n) is 4.61. The molecule has 0 aromatic rings. The van der Waals surface area contributed by atoms with E-state index in [0.717, 1.165) is 25.7 Å². The fourth-order valence-corrected chi connectivity index (χ4v) is 2.84. The standard InChI is InChI=1S/C22H39O/c1-18(2)9-7-11-20(5)13-15-22(17-23)16-14-21(6)12-8-10-19(3)4/h9-10,20-22H,7-8,11-16H2,1-6H3. The number of hydrogen-bond donors (Lipinski definition) is 0. The first-order valence-corrected chi connectivity index (χ1v) is 9.49. The molecule has 0 aliphatic carbocycles. The SMILES string of the molecule is CC(C)=CCCC(C)CCC([C]=O)CCC(C)CCC=C(C)C. The van der Waals surface area contributed by atoms with Gasteiger partial charge in [0.2, 0.25) is 6.29 Å². The van der Waals surface area contributed by atoms with Crippen LogP contribution in [0.2, 0.25) is 0 Å². The number of rotatable bonds is 13. The van der Waals surface area contributed by atoms with Crippen LogP contribution in [0.4, 0.5) is 0 Å². The van der Waals surface area contributed by atoms with Crippen LogP contribution in [0, 0.1) is 17.8 Å². The van der Waals surface area contributed by atoms with Gasteiger partial charge in [-0.1, -0.05) is 37.1 Å². The Labute approximate surface area is 145 Å². The van der Waals surface area contributed by atoms with E-state index >= 15 is 0 Å². The van der Waals surface area contributed by atoms with Crippen LogP contribution in [0.3, 0.4) is 0 Å². The molecule has 0 rings (SSSR count).